The van der Waals surface area contributed by atoms with Crippen molar-refractivity contribution in [3.8, 4) is 0 Å². The van der Waals surface area contributed by atoms with Gasteiger partial charge in [0.2, 0.25) is 5.91 Å². The Morgan fingerprint density at radius 1 is 1.17 bits per heavy atom. The Morgan fingerprint density at radius 2 is 1.72 bits per heavy atom. The van der Waals surface area contributed by atoms with Crippen molar-refractivity contribution in [2.24, 2.45) is 5.92 Å². The molecule has 0 unspecified atom stereocenters. The van der Waals surface area contributed by atoms with Gasteiger partial charge in [0.05, 0.1) is 0 Å². The zero-order valence-electron chi connectivity index (χ0n) is 11.6. The first kappa shape index (κ1) is 14.6. The first-order valence-electron chi connectivity index (χ1n) is 6.75. The molecular weight excluding hydrogens is 224 g/mol. The second-order valence-electron chi connectivity index (χ2n) is 4.61. The molecule has 0 radical (unpaired) electrons. The maximum Gasteiger partial charge on any atom is 0.225 e. The quantitative estimate of drug-likeness (QED) is 0.786. The summed E-state index contributed by atoms with van der Waals surface area (Å²) < 4.78 is 0. The molecule has 0 aliphatic rings. The van der Waals surface area contributed by atoms with Crippen molar-refractivity contribution in [3.05, 3.63) is 29.8 Å². The number of carbonyl (C=O) groups excluding carboxylic acids is 1. The molecule has 0 aromatic heterocycles. The Kier molecular flexibility index (Phi) is 5.69. The smallest absolute Gasteiger partial charge is 0.225 e. The van der Waals surface area contributed by atoms with Crippen LogP contribution in [0.1, 0.15) is 39.2 Å². The van der Waals surface area contributed by atoms with Gasteiger partial charge in [-0.05, 0) is 37.5 Å². The van der Waals surface area contributed by atoms with Crippen molar-refractivity contribution < 1.29 is 4.79 Å². The fraction of sp³-hybridized carbons (Fsp3) is 0.533. The lowest BCUT2D eigenvalue weighted by Crippen LogP contribution is -2.35. The molecule has 0 saturated heterocycles. The third kappa shape index (κ3) is 3.76. The predicted molar refractivity (Wildman–Crippen MR) is 76.0 cm³/mol. The summed E-state index contributed by atoms with van der Waals surface area (Å²) in [5, 5.41) is 0. The molecule has 0 atom stereocenters. The Morgan fingerprint density at radius 3 is 2.17 bits per heavy atom. The van der Waals surface area contributed by atoms with Crippen molar-refractivity contribution in [2.75, 3.05) is 12.3 Å². The van der Waals surface area contributed by atoms with Crippen LogP contribution < -0.4 is 5.73 Å². The van der Waals surface area contributed by atoms with Gasteiger partial charge >= 0.3 is 0 Å². The Bertz CT molecular complexity index is 369. The molecule has 0 spiro atoms. The molecule has 1 aromatic rings. The average molecular weight is 248 g/mol. The zero-order chi connectivity index (χ0) is 13.5. The van der Waals surface area contributed by atoms with E-state index in [9.17, 15) is 4.79 Å². The van der Waals surface area contributed by atoms with Crippen LogP contribution >= 0.6 is 0 Å². The molecule has 0 fully saturated rings. The molecule has 1 amide bonds. The molecule has 0 saturated carbocycles. The van der Waals surface area contributed by atoms with E-state index in [0.717, 1.165) is 30.6 Å². The second kappa shape index (κ2) is 7.04. The summed E-state index contributed by atoms with van der Waals surface area (Å²) in [4.78, 5) is 14.2. The number of carbonyl (C=O) groups is 1. The number of benzene rings is 1. The molecule has 3 heteroatoms. The summed E-state index contributed by atoms with van der Waals surface area (Å²) in [6.07, 6.45) is 1.82. The topological polar surface area (TPSA) is 46.3 Å². The van der Waals surface area contributed by atoms with Crippen LogP contribution in [0.5, 0.6) is 0 Å². The highest BCUT2D eigenvalue weighted by atomic mass is 16.2. The number of hydrogen-bond donors (Lipinski definition) is 1. The van der Waals surface area contributed by atoms with E-state index in [1.165, 1.54) is 0 Å². The summed E-state index contributed by atoms with van der Waals surface area (Å²) in [6.45, 7) is 7.59. The number of nitrogen functional groups attached to an aromatic ring is 1. The highest BCUT2D eigenvalue weighted by molar-refractivity contribution is 5.78. The van der Waals surface area contributed by atoms with E-state index in [-0.39, 0.29) is 11.8 Å². The van der Waals surface area contributed by atoms with Crippen molar-refractivity contribution in [3.63, 3.8) is 0 Å². The normalized spacial score (nSPS) is 10.7. The Labute approximate surface area is 110 Å². The lowest BCUT2D eigenvalue weighted by molar-refractivity contribution is -0.136. The Hall–Kier alpha value is -1.51. The summed E-state index contributed by atoms with van der Waals surface area (Å²) in [5.41, 5.74) is 7.55. The van der Waals surface area contributed by atoms with Crippen LogP contribution in [0.3, 0.4) is 0 Å². The van der Waals surface area contributed by atoms with Crippen LogP contribution in [0.15, 0.2) is 24.3 Å². The van der Waals surface area contributed by atoms with E-state index in [2.05, 4.69) is 13.8 Å². The lowest BCUT2D eigenvalue weighted by Gasteiger charge is -2.25. The zero-order valence-corrected chi connectivity index (χ0v) is 11.6. The van der Waals surface area contributed by atoms with Gasteiger partial charge in [-0.3, -0.25) is 4.79 Å². The van der Waals surface area contributed by atoms with Gasteiger partial charge in [0.15, 0.2) is 0 Å². The van der Waals surface area contributed by atoms with E-state index >= 15 is 0 Å². The second-order valence-corrected chi connectivity index (χ2v) is 4.61. The molecule has 3 nitrogen and oxygen atoms in total. The Balaban J connectivity index is 2.72. The minimum atomic E-state index is 0.152. The minimum absolute atomic E-state index is 0.152. The third-order valence-corrected chi connectivity index (χ3v) is 3.38. The van der Waals surface area contributed by atoms with E-state index in [1.54, 1.807) is 0 Å². The highest BCUT2D eigenvalue weighted by Crippen LogP contribution is 2.15. The summed E-state index contributed by atoms with van der Waals surface area (Å²) in [7, 11) is 0. The summed E-state index contributed by atoms with van der Waals surface area (Å²) in [6, 6.07) is 7.73. The van der Waals surface area contributed by atoms with Gasteiger partial charge in [-0.1, -0.05) is 26.0 Å². The van der Waals surface area contributed by atoms with Gasteiger partial charge in [0.25, 0.3) is 0 Å². The fourth-order valence-electron chi connectivity index (χ4n) is 2.09. The fourth-order valence-corrected chi connectivity index (χ4v) is 2.09. The third-order valence-electron chi connectivity index (χ3n) is 3.38. The van der Waals surface area contributed by atoms with Gasteiger partial charge in [-0.25, -0.2) is 0 Å². The molecule has 100 valence electrons. The van der Waals surface area contributed by atoms with Crippen molar-refractivity contribution in [1.29, 1.82) is 0 Å². The first-order chi connectivity index (χ1) is 8.62. The van der Waals surface area contributed by atoms with Crippen molar-refractivity contribution in [1.82, 2.24) is 4.90 Å². The van der Waals surface area contributed by atoms with Gasteiger partial charge in [-0.2, -0.15) is 0 Å². The average Bonchev–Trinajstić information content (AvgIpc) is 2.39. The van der Waals surface area contributed by atoms with E-state index in [1.807, 2.05) is 36.1 Å². The SMILES string of the molecule is CCC(CC)C(=O)N(CC)Cc1ccc(N)cc1. The lowest BCUT2D eigenvalue weighted by atomic mass is 10.0. The van der Waals surface area contributed by atoms with Crippen LogP contribution in [0.4, 0.5) is 5.69 Å². The molecule has 1 rings (SSSR count). The molecular formula is C15H24N2O. The minimum Gasteiger partial charge on any atom is -0.399 e. The van der Waals surface area contributed by atoms with E-state index in [0.29, 0.717) is 6.54 Å². The van der Waals surface area contributed by atoms with Crippen molar-refractivity contribution in [2.45, 2.75) is 40.2 Å². The van der Waals surface area contributed by atoms with Crippen molar-refractivity contribution >= 4 is 11.6 Å². The number of rotatable bonds is 6. The van der Waals surface area contributed by atoms with E-state index < -0.39 is 0 Å². The van der Waals surface area contributed by atoms with Crippen LogP contribution in [0.2, 0.25) is 0 Å². The number of anilines is 1. The molecule has 2 N–H and O–H groups in total. The number of nitrogens with two attached hydrogens (primary N) is 1. The molecule has 1 aromatic carbocycles. The first-order valence-corrected chi connectivity index (χ1v) is 6.75. The van der Waals surface area contributed by atoms with Crippen LogP contribution in [0, 0.1) is 5.92 Å². The predicted octanol–water partition coefficient (Wildman–Crippen LogP) is 3.05. The van der Waals surface area contributed by atoms with Gasteiger partial charge in [-0.15, -0.1) is 0 Å². The van der Waals surface area contributed by atoms with Crippen LogP contribution in [-0.4, -0.2) is 17.4 Å². The maximum absolute atomic E-state index is 12.3. The van der Waals surface area contributed by atoms with Gasteiger partial charge in [0.1, 0.15) is 0 Å². The summed E-state index contributed by atoms with van der Waals surface area (Å²) in [5.74, 6) is 0.415. The number of nitrogens with zero attached hydrogens (tertiary/aromatic N) is 1. The van der Waals surface area contributed by atoms with Crippen LogP contribution in [0.25, 0.3) is 0 Å². The number of amides is 1. The molecule has 0 heterocycles. The van der Waals surface area contributed by atoms with Crippen LogP contribution in [-0.2, 0) is 11.3 Å². The van der Waals surface area contributed by atoms with Gasteiger partial charge < -0.3 is 10.6 Å². The highest BCUT2D eigenvalue weighted by Gasteiger charge is 2.20. The molecule has 18 heavy (non-hydrogen) atoms. The standard InChI is InChI=1S/C15H24N2O/c1-4-13(5-2)15(18)17(6-3)11-12-7-9-14(16)10-8-12/h7-10,13H,4-6,11,16H2,1-3H3. The molecule has 0 aliphatic heterocycles. The van der Waals surface area contributed by atoms with Gasteiger partial charge in [0, 0.05) is 24.7 Å². The summed E-state index contributed by atoms with van der Waals surface area (Å²) >= 11 is 0. The molecule has 0 aliphatic carbocycles. The van der Waals surface area contributed by atoms with E-state index in [4.69, 9.17) is 5.73 Å². The molecule has 0 bridgehead atoms. The monoisotopic (exact) mass is 248 g/mol. The maximum atomic E-state index is 12.3. The largest absolute Gasteiger partial charge is 0.399 e. The number of hydrogen-bond acceptors (Lipinski definition) is 2.